The lowest BCUT2D eigenvalue weighted by molar-refractivity contribution is -0.189. The van der Waals surface area contributed by atoms with Gasteiger partial charge in [-0.05, 0) is 17.7 Å². The van der Waals surface area contributed by atoms with Gasteiger partial charge in [-0.25, -0.2) is 0 Å². The SMILES string of the molecule is O=C(c1ccccc1)C(O)(O)C(O)c1ccc(O)cc1. The smallest absolute Gasteiger partial charge is 0.260 e. The molecule has 2 rings (SSSR count). The average molecular weight is 274 g/mol. The molecule has 1 atom stereocenters. The molecule has 1 unspecified atom stereocenters. The third-order valence-electron chi connectivity index (χ3n) is 2.96. The fraction of sp³-hybridized carbons (Fsp3) is 0.133. The minimum atomic E-state index is -2.95. The van der Waals surface area contributed by atoms with Gasteiger partial charge in [0.05, 0.1) is 0 Å². The molecule has 0 saturated carbocycles. The molecule has 0 aliphatic carbocycles. The number of aliphatic hydroxyl groups excluding tert-OH is 1. The van der Waals surface area contributed by atoms with E-state index in [1.807, 2.05) is 0 Å². The van der Waals surface area contributed by atoms with E-state index in [1.165, 1.54) is 36.4 Å². The van der Waals surface area contributed by atoms with Crippen LogP contribution in [0.1, 0.15) is 22.0 Å². The molecule has 2 aromatic carbocycles. The number of ketones is 1. The van der Waals surface area contributed by atoms with E-state index in [2.05, 4.69) is 0 Å². The van der Waals surface area contributed by atoms with E-state index < -0.39 is 17.7 Å². The van der Waals surface area contributed by atoms with Crippen LogP contribution in [0.25, 0.3) is 0 Å². The second kappa shape index (κ2) is 5.42. The normalized spacial score (nSPS) is 12.9. The third kappa shape index (κ3) is 2.70. The summed E-state index contributed by atoms with van der Waals surface area (Å²) in [4.78, 5) is 12.0. The first-order chi connectivity index (χ1) is 9.43. The van der Waals surface area contributed by atoms with E-state index in [1.54, 1.807) is 18.2 Å². The standard InChI is InChI=1S/C15H14O5/c16-12-8-6-11(7-9-12)14(18)15(19,20)13(17)10-4-2-1-3-5-10/h1-9,14,16,18-20H. The van der Waals surface area contributed by atoms with Crippen molar-refractivity contribution in [3.63, 3.8) is 0 Å². The number of hydrogen-bond acceptors (Lipinski definition) is 5. The Hall–Kier alpha value is -2.21. The largest absolute Gasteiger partial charge is 0.508 e. The summed E-state index contributed by atoms with van der Waals surface area (Å²) in [5, 5.41) is 39.0. The fourth-order valence-corrected chi connectivity index (χ4v) is 1.82. The number of aliphatic hydroxyl groups is 3. The molecule has 0 aromatic heterocycles. The molecule has 104 valence electrons. The molecule has 0 aliphatic heterocycles. The maximum absolute atomic E-state index is 12.0. The number of Topliss-reactive ketones (excluding diaryl/α,β-unsaturated/α-hetero) is 1. The van der Waals surface area contributed by atoms with Crippen LogP contribution in [0.3, 0.4) is 0 Å². The molecular weight excluding hydrogens is 260 g/mol. The third-order valence-corrected chi connectivity index (χ3v) is 2.96. The zero-order valence-electron chi connectivity index (χ0n) is 10.5. The number of carbonyl (C=O) groups is 1. The van der Waals surface area contributed by atoms with Crippen molar-refractivity contribution in [1.29, 1.82) is 0 Å². The van der Waals surface area contributed by atoms with Crippen molar-refractivity contribution in [1.82, 2.24) is 0 Å². The maximum atomic E-state index is 12.0. The van der Waals surface area contributed by atoms with Crippen molar-refractivity contribution in [3.8, 4) is 5.75 Å². The minimum Gasteiger partial charge on any atom is -0.508 e. The van der Waals surface area contributed by atoms with E-state index in [-0.39, 0.29) is 16.9 Å². The molecule has 0 bridgehead atoms. The maximum Gasteiger partial charge on any atom is 0.260 e. The van der Waals surface area contributed by atoms with Gasteiger partial charge in [-0.1, -0.05) is 42.5 Å². The second-order valence-corrected chi connectivity index (χ2v) is 4.42. The van der Waals surface area contributed by atoms with Crippen LogP contribution in [0, 0.1) is 0 Å². The number of phenolic OH excluding ortho intramolecular Hbond substituents is 1. The Morgan fingerprint density at radius 2 is 1.50 bits per heavy atom. The summed E-state index contributed by atoms with van der Waals surface area (Å²) in [5.41, 5.74) is 0.187. The summed E-state index contributed by atoms with van der Waals surface area (Å²) in [6, 6.07) is 12.9. The molecule has 2 aromatic rings. The number of carbonyl (C=O) groups excluding carboxylic acids is 1. The van der Waals surface area contributed by atoms with E-state index in [0.29, 0.717) is 0 Å². The predicted octanol–water partition coefficient (Wildman–Crippen LogP) is 0.989. The van der Waals surface area contributed by atoms with Crippen LogP contribution in [-0.4, -0.2) is 32.0 Å². The van der Waals surface area contributed by atoms with Gasteiger partial charge in [0.15, 0.2) is 0 Å². The summed E-state index contributed by atoms with van der Waals surface area (Å²) in [6.07, 6.45) is -1.82. The summed E-state index contributed by atoms with van der Waals surface area (Å²) in [6.45, 7) is 0. The topological polar surface area (TPSA) is 98.0 Å². The Labute approximate surface area is 115 Å². The fourth-order valence-electron chi connectivity index (χ4n) is 1.82. The molecular formula is C15H14O5. The number of aromatic hydroxyl groups is 1. The quantitative estimate of drug-likeness (QED) is 0.492. The van der Waals surface area contributed by atoms with Crippen LogP contribution >= 0.6 is 0 Å². The van der Waals surface area contributed by atoms with Crippen LogP contribution in [0.5, 0.6) is 5.75 Å². The van der Waals surface area contributed by atoms with Crippen molar-refractivity contribution in [2.24, 2.45) is 0 Å². The van der Waals surface area contributed by atoms with Gasteiger partial charge in [-0.2, -0.15) is 0 Å². The van der Waals surface area contributed by atoms with Crippen LogP contribution in [0.2, 0.25) is 0 Å². The molecule has 0 aliphatic rings. The van der Waals surface area contributed by atoms with Crippen molar-refractivity contribution >= 4 is 5.78 Å². The van der Waals surface area contributed by atoms with Gasteiger partial charge in [-0.3, -0.25) is 4.79 Å². The molecule has 5 nitrogen and oxygen atoms in total. The molecule has 0 heterocycles. The van der Waals surface area contributed by atoms with Gasteiger partial charge in [0, 0.05) is 5.56 Å². The Balaban J connectivity index is 2.29. The highest BCUT2D eigenvalue weighted by atomic mass is 16.5. The van der Waals surface area contributed by atoms with Gasteiger partial charge < -0.3 is 20.4 Å². The molecule has 0 fully saturated rings. The van der Waals surface area contributed by atoms with E-state index in [9.17, 15) is 20.1 Å². The Morgan fingerprint density at radius 1 is 0.950 bits per heavy atom. The number of hydrogen-bond donors (Lipinski definition) is 4. The molecule has 4 N–H and O–H groups in total. The van der Waals surface area contributed by atoms with Gasteiger partial charge in [0.2, 0.25) is 5.78 Å². The molecule has 0 amide bonds. The molecule has 0 saturated heterocycles. The van der Waals surface area contributed by atoms with E-state index >= 15 is 0 Å². The molecule has 5 heteroatoms. The molecule has 20 heavy (non-hydrogen) atoms. The lowest BCUT2D eigenvalue weighted by atomic mass is 9.94. The van der Waals surface area contributed by atoms with Crippen LogP contribution in [0.4, 0.5) is 0 Å². The van der Waals surface area contributed by atoms with Crippen molar-refractivity contribution < 1.29 is 25.2 Å². The lowest BCUT2D eigenvalue weighted by Crippen LogP contribution is -2.44. The first-order valence-corrected chi connectivity index (χ1v) is 5.94. The highest BCUT2D eigenvalue weighted by molar-refractivity contribution is 6.01. The van der Waals surface area contributed by atoms with Crippen LogP contribution in [0.15, 0.2) is 54.6 Å². The highest BCUT2D eigenvalue weighted by Gasteiger charge is 2.42. The molecule has 0 spiro atoms. The minimum absolute atomic E-state index is 0.0307. The van der Waals surface area contributed by atoms with Crippen molar-refractivity contribution in [3.05, 3.63) is 65.7 Å². The second-order valence-electron chi connectivity index (χ2n) is 4.42. The van der Waals surface area contributed by atoms with Gasteiger partial charge in [-0.15, -0.1) is 0 Å². The van der Waals surface area contributed by atoms with Gasteiger partial charge >= 0.3 is 0 Å². The monoisotopic (exact) mass is 274 g/mol. The Morgan fingerprint density at radius 3 is 2.05 bits per heavy atom. The van der Waals surface area contributed by atoms with Crippen LogP contribution < -0.4 is 0 Å². The zero-order valence-corrected chi connectivity index (χ0v) is 10.5. The first kappa shape index (κ1) is 14.2. The number of phenols is 1. The van der Waals surface area contributed by atoms with Crippen molar-refractivity contribution in [2.45, 2.75) is 11.9 Å². The van der Waals surface area contributed by atoms with Crippen molar-refractivity contribution in [2.75, 3.05) is 0 Å². The summed E-state index contributed by atoms with van der Waals surface area (Å²) in [7, 11) is 0. The lowest BCUT2D eigenvalue weighted by Gasteiger charge is -2.26. The van der Waals surface area contributed by atoms with Gasteiger partial charge in [0.25, 0.3) is 5.79 Å². The number of benzene rings is 2. The summed E-state index contributed by atoms with van der Waals surface area (Å²) < 4.78 is 0. The number of rotatable bonds is 4. The predicted molar refractivity (Wildman–Crippen MR) is 71.0 cm³/mol. The summed E-state index contributed by atoms with van der Waals surface area (Å²) in [5.74, 6) is -3.98. The summed E-state index contributed by atoms with van der Waals surface area (Å²) >= 11 is 0. The van der Waals surface area contributed by atoms with E-state index in [0.717, 1.165) is 0 Å². The van der Waals surface area contributed by atoms with Crippen LogP contribution in [-0.2, 0) is 0 Å². The first-order valence-electron chi connectivity index (χ1n) is 5.94. The average Bonchev–Trinajstić information content (AvgIpc) is 2.47. The van der Waals surface area contributed by atoms with E-state index in [4.69, 9.17) is 5.11 Å². The van der Waals surface area contributed by atoms with Gasteiger partial charge in [0.1, 0.15) is 11.9 Å². The molecule has 0 radical (unpaired) electrons. The Bertz CT molecular complexity index is 589. The Kier molecular flexibility index (Phi) is 3.85. The highest BCUT2D eigenvalue weighted by Crippen LogP contribution is 2.28. The zero-order chi connectivity index (χ0) is 14.8.